The normalized spacial score (nSPS) is 20.0. The molecule has 1 atom stereocenters. The molecule has 0 aromatic heterocycles. The van der Waals surface area contributed by atoms with Crippen molar-refractivity contribution in [1.82, 2.24) is 10.6 Å². The number of carbonyl (C=O) groups excluding carboxylic acids is 2. The number of carbonyl (C=O) groups is 2. The quantitative estimate of drug-likeness (QED) is 0.651. The molecule has 2 amide bonds. The molecule has 1 unspecified atom stereocenters. The first-order valence-electron chi connectivity index (χ1n) is 8.60. The summed E-state index contributed by atoms with van der Waals surface area (Å²) >= 11 is 0. The summed E-state index contributed by atoms with van der Waals surface area (Å²) in [5.41, 5.74) is 6.23. The Kier molecular flexibility index (Phi) is 6.72. The van der Waals surface area contributed by atoms with E-state index in [-0.39, 0.29) is 36.3 Å². The maximum absolute atomic E-state index is 12.4. The van der Waals surface area contributed by atoms with Crippen molar-refractivity contribution in [3.8, 4) is 11.5 Å². The summed E-state index contributed by atoms with van der Waals surface area (Å²) in [7, 11) is 1.53. The third-order valence-corrected chi connectivity index (χ3v) is 5.17. The van der Waals surface area contributed by atoms with E-state index in [1.165, 1.54) is 7.11 Å². The zero-order valence-electron chi connectivity index (χ0n) is 14.9. The van der Waals surface area contributed by atoms with Crippen molar-refractivity contribution < 1.29 is 19.1 Å². The van der Waals surface area contributed by atoms with Crippen LogP contribution >= 0.6 is 12.4 Å². The molecule has 1 spiro atoms. The molecule has 1 heterocycles. The second-order valence-corrected chi connectivity index (χ2v) is 6.83. The minimum Gasteiger partial charge on any atom is -0.493 e. The summed E-state index contributed by atoms with van der Waals surface area (Å²) in [6.45, 7) is 2.25. The van der Waals surface area contributed by atoms with Crippen LogP contribution in [0, 0.1) is 11.3 Å². The van der Waals surface area contributed by atoms with Gasteiger partial charge >= 0.3 is 0 Å². The molecule has 26 heavy (non-hydrogen) atoms. The Hall–Kier alpha value is -1.99. The Bertz CT molecular complexity index is 662. The molecule has 3 rings (SSSR count). The van der Waals surface area contributed by atoms with Crippen molar-refractivity contribution in [2.75, 3.05) is 26.8 Å². The lowest BCUT2D eigenvalue weighted by atomic mass is 9.92. The average Bonchev–Trinajstić information content (AvgIpc) is 3.31. The molecule has 1 aliphatic carbocycles. The fourth-order valence-corrected chi connectivity index (χ4v) is 3.60. The van der Waals surface area contributed by atoms with E-state index in [9.17, 15) is 9.59 Å². The number of nitrogens with two attached hydrogens (primary N) is 1. The first-order valence-corrected chi connectivity index (χ1v) is 8.60. The Labute approximate surface area is 159 Å². The van der Waals surface area contributed by atoms with E-state index in [1.807, 2.05) is 6.07 Å². The summed E-state index contributed by atoms with van der Waals surface area (Å²) < 4.78 is 10.6. The number of methoxy groups -OCH3 is 1. The van der Waals surface area contributed by atoms with E-state index in [0.717, 1.165) is 37.9 Å². The van der Waals surface area contributed by atoms with Gasteiger partial charge in [-0.05, 0) is 55.5 Å². The van der Waals surface area contributed by atoms with Gasteiger partial charge < -0.3 is 25.8 Å². The van der Waals surface area contributed by atoms with Gasteiger partial charge in [-0.15, -0.1) is 12.4 Å². The summed E-state index contributed by atoms with van der Waals surface area (Å²) in [6, 6.07) is 5.35. The second kappa shape index (κ2) is 8.60. The number of rotatable bonds is 7. The topological polar surface area (TPSA) is 103 Å². The van der Waals surface area contributed by atoms with E-state index in [2.05, 4.69) is 10.6 Å². The van der Waals surface area contributed by atoms with Crippen LogP contribution in [0.3, 0.4) is 0 Å². The molecule has 2 fully saturated rings. The Balaban J connectivity index is 0.00000243. The minimum atomic E-state index is -0.547. The highest BCUT2D eigenvalue weighted by Gasteiger charge is 2.57. The Morgan fingerprint density at radius 3 is 2.69 bits per heavy atom. The lowest BCUT2D eigenvalue weighted by molar-refractivity contribution is -0.123. The van der Waals surface area contributed by atoms with Gasteiger partial charge in [0.2, 0.25) is 5.91 Å². The molecule has 8 heteroatoms. The van der Waals surface area contributed by atoms with Gasteiger partial charge in [-0.3, -0.25) is 9.59 Å². The van der Waals surface area contributed by atoms with Crippen LogP contribution in [0.5, 0.6) is 11.5 Å². The smallest absolute Gasteiger partial charge is 0.255 e. The summed E-state index contributed by atoms with van der Waals surface area (Å²) in [6.07, 6.45) is 3.18. The number of ether oxygens (including phenoxy) is 2. The van der Waals surface area contributed by atoms with Crippen LogP contribution < -0.4 is 25.8 Å². The predicted molar refractivity (Wildman–Crippen MR) is 99.4 cm³/mol. The number of piperidine rings is 1. The zero-order chi connectivity index (χ0) is 17.9. The molecule has 7 nitrogen and oxygen atoms in total. The van der Waals surface area contributed by atoms with Crippen LogP contribution in [0.2, 0.25) is 0 Å². The number of halogens is 1. The molecule has 1 saturated heterocycles. The van der Waals surface area contributed by atoms with Gasteiger partial charge in [-0.2, -0.15) is 0 Å². The summed E-state index contributed by atoms with van der Waals surface area (Å²) in [5.74, 6) is 0.695. The van der Waals surface area contributed by atoms with E-state index in [4.69, 9.17) is 15.2 Å². The standard InChI is InChI=1S/C18H25N3O4.ClH/c1-24-15-8-12(2-3-14(15)25-11-16(19)22)10-21-17(23)13-9-18(13)4-6-20-7-5-18;/h2-3,8,13,20H,4-7,9-11H2,1H3,(H2,19,22)(H,21,23);1H. The average molecular weight is 384 g/mol. The second-order valence-electron chi connectivity index (χ2n) is 6.83. The van der Waals surface area contributed by atoms with Crippen molar-refractivity contribution in [1.29, 1.82) is 0 Å². The molecular formula is C18H26ClN3O4. The highest BCUT2D eigenvalue weighted by atomic mass is 35.5. The van der Waals surface area contributed by atoms with Gasteiger partial charge in [0.15, 0.2) is 18.1 Å². The van der Waals surface area contributed by atoms with Gasteiger partial charge in [0.05, 0.1) is 7.11 Å². The van der Waals surface area contributed by atoms with E-state index < -0.39 is 5.91 Å². The molecular weight excluding hydrogens is 358 g/mol. The number of primary amides is 1. The minimum absolute atomic E-state index is 0. The number of nitrogens with one attached hydrogen (secondary N) is 2. The highest BCUT2D eigenvalue weighted by molar-refractivity contribution is 5.85. The fourth-order valence-electron chi connectivity index (χ4n) is 3.60. The van der Waals surface area contributed by atoms with Gasteiger partial charge in [0, 0.05) is 12.5 Å². The first kappa shape index (κ1) is 20.3. The maximum Gasteiger partial charge on any atom is 0.255 e. The molecule has 2 aliphatic rings. The van der Waals surface area contributed by atoms with Crippen LogP contribution in [0.1, 0.15) is 24.8 Å². The SMILES string of the molecule is COc1cc(CNC(=O)C2CC23CCNCC3)ccc1OCC(N)=O.Cl. The van der Waals surface area contributed by atoms with Crippen LogP contribution in [0.25, 0.3) is 0 Å². The van der Waals surface area contributed by atoms with Crippen molar-refractivity contribution >= 4 is 24.2 Å². The lowest BCUT2D eigenvalue weighted by Gasteiger charge is -2.23. The van der Waals surface area contributed by atoms with Crippen molar-refractivity contribution in [3.05, 3.63) is 23.8 Å². The van der Waals surface area contributed by atoms with Crippen molar-refractivity contribution in [2.24, 2.45) is 17.1 Å². The number of hydrogen-bond donors (Lipinski definition) is 3. The van der Waals surface area contributed by atoms with Crippen LogP contribution in [-0.4, -0.2) is 38.6 Å². The first-order chi connectivity index (χ1) is 12.0. The largest absolute Gasteiger partial charge is 0.493 e. The van der Waals surface area contributed by atoms with Crippen molar-refractivity contribution in [3.63, 3.8) is 0 Å². The molecule has 0 radical (unpaired) electrons. The monoisotopic (exact) mass is 383 g/mol. The fraction of sp³-hybridized carbons (Fsp3) is 0.556. The molecule has 144 valence electrons. The van der Waals surface area contributed by atoms with Gasteiger partial charge in [0.1, 0.15) is 0 Å². The molecule has 1 aliphatic heterocycles. The van der Waals surface area contributed by atoms with Crippen LogP contribution in [-0.2, 0) is 16.1 Å². The third-order valence-electron chi connectivity index (χ3n) is 5.17. The van der Waals surface area contributed by atoms with Crippen LogP contribution in [0.15, 0.2) is 18.2 Å². The maximum atomic E-state index is 12.4. The molecule has 4 N–H and O–H groups in total. The Morgan fingerprint density at radius 2 is 2.04 bits per heavy atom. The number of hydrogen-bond acceptors (Lipinski definition) is 5. The highest BCUT2D eigenvalue weighted by Crippen LogP contribution is 2.58. The van der Waals surface area contributed by atoms with Gasteiger partial charge in [-0.1, -0.05) is 6.07 Å². The van der Waals surface area contributed by atoms with Gasteiger partial charge in [-0.25, -0.2) is 0 Å². The molecule has 1 aromatic rings. The molecule has 0 bridgehead atoms. The van der Waals surface area contributed by atoms with E-state index in [0.29, 0.717) is 18.0 Å². The third kappa shape index (κ3) is 4.59. The zero-order valence-corrected chi connectivity index (χ0v) is 15.7. The summed E-state index contributed by atoms with van der Waals surface area (Å²) in [5, 5.41) is 6.37. The number of benzene rings is 1. The molecule has 1 saturated carbocycles. The number of amides is 2. The molecule has 1 aromatic carbocycles. The van der Waals surface area contributed by atoms with E-state index in [1.54, 1.807) is 12.1 Å². The van der Waals surface area contributed by atoms with Crippen LogP contribution in [0.4, 0.5) is 0 Å². The van der Waals surface area contributed by atoms with Gasteiger partial charge in [0.25, 0.3) is 5.91 Å². The summed E-state index contributed by atoms with van der Waals surface area (Å²) in [4.78, 5) is 23.2. The Morgan fingerprint density at radius 1 is 1.31 bits per heavy atom. The van der Waals surface area contributed by atoms with E-state index >= 15 is 0 Å². The lowest BCUT2D eigenvalue weighted by Crippen LogP contribution is -2.33. The predicted octanol–water partition coefficient (Wildman–Crippen LogP) is 0.987. The van der Waals surface area contributed by atoms with Crippen molar-refractivity contribution in [2.45, 2.75) is 25.8 Å².